The summed E-state index contributed by atoms with van der Waals surface area (Å²) in [5, 5.41) is 6.65. The minimum absolute atomic E-state index is 0.00364. The zero-order valence-corrected chi connectivity index (χ0v) is 18.2. The van der Waals surface area contributed by atoms with Gasteiger partial charge in [0.25, 0.3) is 5.91 Å². The lowest BCUT2D eigenvalue weighted by Gasteiger charge is -2.11. The summed E-state index contributed by atoms with van der Waals surface area (Å²) in [5.41, 5.74) is 0.543. The van der Waals surface area contributed by atoms with Crippen molar-refractivity contribution in [1.82, 2.24) is 9.78 Å². The Hall–Kier alpha value is -4.47. The van der Waals surface area contributed by atoms with Gasteiger partial charge in [-0.3, -0.25) is 4.79 Å². The highest BCUT2D eigenvalue weighted by Crippen LogP contribution is 2.27. The van der Waals surface area contributed by atoms with Gasteiger partial charge in [0.1, 0.15) is 28.8 Å². The number of ether oxygens (including phenoxy) is 1. The maximum Gasteiger partial charge on any atom is 0.358 e. The maximum atomic E-state index is 14.0. The van der Waals surface area contributed by atoms with E-state index in [-0.39, 0.29) is 18.0 Å². The van der Waals surface area contributed by atoms with Crippen LogP contribution in [-0.4, -0.2) is 28.3 Å². The summed E-state index contributed by atoms with van der Waals surface area (Å²) in [6, 6.07) is 13.9. The Balaban J connectivity index is 1.72. The first-order chi connectivity index (χ1) is 16.8. The molecule has 1 heterocycles. The number of hydrogen-bond donors (Lipinski definition) is 1. The predicted octanol–water partition coefficient (Wildman–Crippen LogP) is 5.52. The Labute approximate surface area is 196 Å². The fourth-order valence-electron chi connectivity index (χ4n) is 3.38. The molecule has 1 aromatic heterocycles. The monoisotopic (exact) mass is 483 g/mol. The SMILES string of the molecule is CCOC(=O)c1cc(-c2cccc(NC(=O)c3c(F)cc(F)cc3F)c2)n(-c2ccc(F)cc2)n1. The number of hydrogen-bond acceptors (Lipinski definition) is 4. The molecule has 0 atom stereocenters. The van der Waals surface area contributed by atoms with E-state index < -0.39 is 40.7 Å². The lowest BCUT2D eigenvalue weighted by molar-refractivity contribution is 0.0518. The van der Waals surface area contributed by atoms with Gasteiger partial charge in [-0.1, -0.05) is 12.1 Å². The van der Waals surface area contributed by atoms with Gasteiger partial charge in [-0.05, 0) is 49.4 Å². The van der Waals surface area contributed by atoms with E-state index in [1.165, 1.54) is 47.1 Å². The molecule has 0 radical (unpaired) electrons. The average Bonchev–Trinajstić information content (AvgIpc) is 3.25. The van der Waals surface area contributed by atoms with Crippen LogP contribution in [0.3, 0.4) is 0 Å². The maximum absolute atomic E-state index is 14.0. The fraction of sp³-hybridized carbons (Fsp3) is 0.0800. The summed E-state index contributed by atoms with van der Waals surface area (Å²) >= 11 is 0. The number of anilines is 1. The fourth-order valence-corrected chi connectivity index (χ4v) is 3.38. The van der Waals surface area contributed by atoms with E-state index in [2.05, 4.69) is 10.4 Å². The topological polar surface area (TPSA) is 73.2 Å². The summed E-state index contributed by atoms with van der Waals surface area (Å²) in [7, 11) is 0. The molecule has 0 aliphatic heterocycles. The van der Waals surface area contributed by atoms with Crippen LogP contribution >= 0.6 is 0 Å². The molecule has 3 aromatic carbocycles. The van der Waals surface area contributed by atoms with Gasteiger partial charge in [0.15, 0.2) is 5.69 Å². The van der Waals surface area contributed by atoms with Gasteiger partial charge < -0.3 is 10.1 Å². The van der Waals surface area contributed by atoms with Crippen molar-refractivity contribution in [3.63, 3.8) is 0 Å². The van der Waals surface area contributed by atoms with Crippen LogP contribution in [0.15, 0.2) is 66.7 Å². The average molecular weight is 483 g/mol. The molecule has 0 fully saturated rings. The summed E-state index contributed by atoms with van der Waals surface area (Å²) in [6.45, 7) is 1.78. The molecule has 0 saturated heterocycles. The number of amides is 1. The lowest BCUT2D eigenvalue weighted by Crippen LogP contribution is -2.16. The van der Waals surface area contributed by atoms with Crippen molar-refractivity contribution < 1.29 is 31.9 Å². The first-order valence-electron chi connectivity index (χ1n) is 10.4. The number of nitrogens with zero attached hydrogens (tertiary/aromatic N) is 2. The molecule has 4 aromatic rings. The zero-order valence-electron chi connectivity index (χ0n) is 18.2. The number of esters is 1. The highest BCUT2D eigenvalue weighted by atomic mass is 19.1. The Kier molecular flexibility index (Phi) is 6.63. The molecule has 0 saturated carbocycles. The Morgan fingerprint density at radius 2 is 1.60 bits per heavy atom. The zero-order chi connectivity index (χ0) is 25.1. The second-order valence-corrected chi connectivity index (χ2v) is 7.30. The van der Waals surface area contributed by atoms with Crippen molar-refractivity contribution in [2.24, 2.45) is 0 Å². The molecule has 178 valence electrons. The van der Waals surface area contributed by atoms with Crippen molar-refractivity contribution >= 4 is 17.6 Å². The number of carbonyl (C=O) groups is 2. The van der Waals surface area contributed by atoms with Crippen LogP contribution in [-0.2, 0) is 4.74 Å². The van der Waals surface area contributed by atoms with E-state index in [1.54, 1.807) is 19.1 Å². The Bertz CT molecular complexity index is 1390. The summed E-state index contributed by atoms with van der Waals surface area (Å²) in [5.74, 6) is -6.07. The van der Waals surface area contributed by atoms with E-state index >= 15 is 0 Å². The normalized spacial score (nSPS) is 10.8. The molecule has 1 N–H and O–H groups in total. The van der Waals surface area contributed by atoms with E-state index in [1.807, 2.05) is 0 Å². The van der Waals surface area contributed by atoms with E-state index in [4.69, 9.17) is 4.74 Å². The first-order valence-corrected chi connectivity index (χ1v) is 10.4. The Morgan fingerprint density at radius 1 is 0.914 bits per heavy atom. The molecule has 0 spiro atoms. The summed E-state index contributed by atoms with van der Waals surface area (Å²) < 4.78 is 61.0. The molecular weight excluding hydrogens is 466 g/mol. The first kappa shape index (κ1) is 23.7. The molecular formula is C25H17F4N3O3. The number of benzene rings is 3. The van der Waals surface area contributed by atoms with Crippen LogP contribution < -0.4 is 5.32 Å². The number of aromatic nitrogens is 2. The number of nitrogens with one attached hydrogen (secondary N) is 1. The van der Waals surface area contributed by atoms with Gasteiger partial charge in [-0.15, -0.1) is 0 Å². The Morgan fingerprint density at radius 3 is 2.26 bits per heavy atom. The molecule has 10 heteroatoms. The van der Waals surface area contributed by atoms with Gasteiger partial charge in [-0.25, -0.2) is 27.0 Å². The molecule has 1 amide bonds. The van der Waals surface area contributed by atoms with Crippen LogP contribution in [0.4, 0.5) is 23.2 Å². The van der Waals surface area contributed by atoms with E-state index in [0.717, 1.165) is 0 Å². The van der Waals surface area contributed by atoms with Crippen LogP contribution in [0.2, 0.25) is 0 Å². The van der Waals surface area contributed by atoms with Crippen molar-refractivity contribution in [3.8, 4) is 16.9 Å². The number of rotatable bonds is 6. The summed E-state index contributed by atoms with van der Waals surface area (Å²) in [4.78, 5) is 24.7. The quantitative estimate of drug-likeness (QED) is 0.289. The van der Waals surface area contributed by atoms with Gasteiger partial charge in [-0.2, -0.15) is 5.10 Å². The highest BCUT2D eigenvalue weighted by molar-refractivity contribution is 6.05. The second-order valence-electron chi connectivity index (χ2n) is 7.30. The third-order valence-corrected chi connectivity index (χ3v) is 4.92. The third kappa shape index (κ3) is 5.06. The van der Waals surface area contributed by atoms with Crippen LogP contribution in [0.25, 0.3) is 16.9 Å². The van der Waals surface area contributed by atoms with Crippen LogP contribution in [0.1, 0.15) is 27.8 Å². The van der Waals surface area contributed by atoms with Gasteiger partial charge in [0, 0.05) is 23.4 Å². The molecule has 0 bridgehead atoms. The van der Waals surface area contributed by atoms with Crippen molar-refractivity contribution in [2.75, 3.05) is 11.9 Å². The van der Waals surface area contributed by atoms with Gasteiger partial charge in [0.2, 0.25) is 0 Å². The molecule has 0 aliphatic rings. The van der Waals surface area contributed by atoms with Crippen LogP contribution in [0.5, 0.6) is 0 Å². The predicted molar refractivity (Wildman–Crippen MR) is 119 cm³/mol. The minimum atomic E-state index is -1.34. The molecule has 0 unspecified atom stereocenters. The van der Waals surface area contributed by atoms with Crippen molar-refractivity contribution in [1.29, 1.82) is 0 Å². The number of carbonyl (C=O) groups excluding carboxylic acids is 2. The van der Waals surface area contributed by atoms with E-state index in [9.17, 15) is 27.2 Å². The summed E-state index contributed by atoms with van der Waals surface area (Å²) in [6.07, 6.45) is 0. The molecule has 6 nitrogen and oxygen atoms in total. The van der Waals surface area contributed by atoms with E-state index in [0.29, 0.717) is 29.1 Å². The van der Waals surface area contributed by atoms with Crippen LogP contribution in [0, 0.1) is 23.3 Å². The van der Waals surface area contributed by atoms with Crippen molar-refractivity contribution in [2.45, 2.75) is 6.92 Å². The standard InChI is InChI=1S/C25H17F4N3O3/c1-2-35-25(34)21-13-22(32(31-21)18-8-6-15(26)7-9-18)14-4-3-5-17(10-14)30-24(33)23-19(28)11-16(27)12-20(23)29/h3-13H,2H2,1H3,(H,30,33). The minimum Gasteiger partial charge on any atom is -0.461 e. The highest BCUT2D eigenvalue weighted by Gasteiger charge is 2.21. The largest absolute Gasteiger partial charge is 0.461 e. The molecule has 35 heavy (non-hydrogen) atoms. The second kappa shape index (κ2) is 9.80. The third-order valence-electron chi connectivity index (χ3n) is 4.92. The smallest absolute Gasteiger partial charge is 0.358 e. The van der Waals surface area contributed by atoms with Gasteiger partial charge >= 0.3 is 5.97 Å². The lowest BCUT2D eigenvalue weighted by atomic mass is 10.1. The molecule has 0 aliphatic carbocycles. The number of halogens is 4. The van der Waals surface area contributed by atoms with Crippen molar-refractivity contribution in [3.05, 3.63) is 101 Å². The van der Waals surface area contributed by atoms with Gasteiger partial charge in [0.05, 0.1) is 18.0 Å². The molecule has 4 rings (SSSR count).